The van der Waals surface area contributed by atoms with Crippen LogP contribution in [0, 0.1) is 0 Å². The first kappa shape index (κ1) is 20.4. The third kappa shape index (κ3) is 5.61. The van der Waals surface area contributed by atoms with Crippen molar-refractivity contribution in [2.24, 2.45) is 0 Å². The molecule has 1 aliphatic rings. The molecule has 2 amide bonds. The molecule has 0 saturated carbocycles. The Hall–Kier alpha value is -3.85. The van der Waals surface area contributed by atoms with Crippen LogP contribution in [0.2, 0.25) is 0 Å². The summed E-state index contributed by atoms with van der Waals surface area (Å²) in [5.74, 6) is -0.0452. The van der Waals surface area contributed by atoms with Gasteiger partial charge >= 0.3 is 6.09 Å². The molecule has 3 aromatic rings. The van der Waals surface area contributed by atoms with Gasteiger partial charge in [0, 0.05) is 62.9 Å². The number of carbonyl (C=O) groups is 2. The Balaban J connectivity index is 1.25. The average molecular weight is 418 g/mol. The number of aromatic nitrogens is 3. The normalized spacial score (nSPS) is 14.1. The molecule has 0 bridgehead atoms. The molecule has 0 unspecified atom stereocenters. The molecule has 1 fully saturated rings. The van der Waals surface area contributed by atoms with Crippen LogP contribution in [0.15, 0.2) is 67.3 Å². The smallest absolute Gasteiger partial charge is 0.391 e. The summed E-state index contributed by atoms with van der Waals surface area (Å²) < 4.78 is 5.37. The van der Waals surface area contributed by atoms with E-state index in [0.717, 1.165) is 18.8 Å². The molecule has 0 aliphatic carbocycles. The molecule has 3 heterocycles. The van der Waals surface area contributed by atoms with Crippen LogP contribution in [0.4, 0.5) is 10.5 Å². The van der Waals surface area contributed by atoms with E-state index in [0.29, 0.717) is 30.9 Å². The maximum absolute atomic E-state index is 12.4. The summed E-state index contributed by atoms with van der Waals surface area (Å²) in [6.07, 6.45) is 6.09. The fourth-order valence-corrected chi connectivity index (χ4v) is 3.19. The Bertz CT molecular complexity index is 1010. The Kier molecular flexibility index (Phi) is 6.44. The van der Waals surface area contributed by atoms with Crippen molar-refractivity contribution >= 4 is 17.7 Å². The zero-order chi connectivity index (χ0) is 21.5. The maximum atomic E-state index is 12.4. The van der Waals surface area contributed by atoms with Crippen molar-refractivity contribution < 1.29 is 14.3 Å². The van der Waals surface area contributed by atoms with Gasteiger partial charge in [-0.15, -0.1) is 0 Å². The molecule has 1 N–H and O–H groups in total. The number of nitrogens with zero attached hydrogens (tertiary/aromatic N) is 5. The van der Waals surface area contributed by atoms with E-state index in [2.05, 4.69) is 25.2 Å². The first-order valence-corrected chi connectivity index (χ1v) is 9.94. The minimum atomic E-state index is -0.437. The van der Waals surface area contributed by atoms with Crippen molar-refractivity contribution in [2.45, 2.75) is 6.54 Å². The van der Waals surface area contributed by atoms with Crippen LogP contribution in [0.25, 0.3) is 0 Å². The van der Waals surface area contributed by atoms with Gasteiger partial charge in [0.25, 0.3) is 5.91 Å². The highest BCUT2D eigenvalue weighted by Crippen LogP contribution is 2.15. The number of nitrogens with one attached hydrogen (secondary N) is 1. The van der Waals surface area contributed by atoms with E-state index < -0.39 is 6.09 Å². The third-order valence-corrected chi connectivity index (χ3v) is 4.85. The molecule has 0 atom stereocenters. The average Bonchev–Trinajstić information content (AvgIpc) is 2.82. The molecule has 31 heavy (non-hydrogen) atoms. The van der Waals surface area contributed by atoms with Crippen LogP contribution in [-0.2, 0) is 6.54 Å². The monoisotopic (exact) mass is 418 g/mol. The SMILES string of the molecule is O=C(Nc1ccc(OC(=O)N2CCN(Cc3cnccn3)CC2)nc1)c1ccccc1. The third-order valence-electron chi connectivity index (χ3n) is 4.85. The molecule has 4 rings (SSSR count). The van der Waals surface area contributed by atoms with Gasteiger partial charge in [-0.1, -0.05) is 18.2 Å². The number of ether oxygens (including phenoxy) is 1. The standard InChI is InChI=1S/C22H22N6O3/c29-21(17-4-2-1-3-5-17)26-18-6-7-20(25-15-18)31-22(30)28-12-10-27(11-13-28)16-19-14-23-8-9-24-19/h1-9,14-15H,10-13,16H2,(H,26,29). The summed E-state index contributed by atoms with van der Waals surface area (Å²) in [6, 6.07) is 12.1. The Morgan fingerprint density at radius 3 is 2.42 bits per heavy atom. The van der Waals surface area contributed by atoms with E-state index in [1.54, 1.807) is 59.9 Å². The molecule has 9 nitrogen and oxygen atoms in total. The lowest BCUT2D eigenvalue weighted by atomic mass is 10.2. The van der Waals surface area contributed by atoms with E-state index in [9.17, 15) is 9.59 Å². The number of piperazine rings is 1. The van der Waals surface area contributed by atoms with Crippen LogP contribution in [0.3, 0.4) is 0 Å². The maximum Gasteiger partial charge on any atom is 0.416 e. The highest BCUT2D eigenvalue weighted by molar-refractivity contribution is 6.04. The highest BCUT2D eigenvalue weighted by Gasteiger charge is 2.23. The molecule has 1 aliphatic heterocycles. The van der Waals surface area contributed by atoms with Crippen LogP contribution in [0.1, 0.15) is 16.1 Å². The Morgan fingerprint density at radius 1 is 0.935 bits per heavy atom. The first-order valence-electron chi connectivity index (χ1n) is 9.94. The van der Waals surface area contributed by atoms with Crippen LogP contribution in [-0.4, -0.2) is 62.9 Å². The van der Waals surface area contributed by atoms with Crippen molar-refractivity contribution in [3.63, 3.8) is 0 Å². The lowest BCUT2D eigenvalue weighted by molar-refractivity contribution is 0.102. The topological polar surface area (TPSA) is 101 Å². The Labute approximate surface area is 179 Å². The van der Waals surface area contributed by atoms with Crippen LogP contribution in [0.5, 0.6) is 5.88 Å². The summed E-state index contributed by atoms with van der Waals surface area (Å²) in [7, 11) is 0. The van der Waals surface area contributed by atoms with E-state index in [-0.39, 0.29) is 11.8 Å². The number of hydrogen-bond acceptors (Lipinski definition) is 7. The van der Waals surface area contributed by atoms with E-state index in [4.69, 9.17) is 4.74 Å². The van der Waals surface area contributed by atoms with Gasteiger partial charge in [-0.25, -0.2) is 9.78 Å². The molecule has 1 saturated heterocycles. The lowest BCUT2D eigenvalue weighted by Gasteiger charge is -2.33. The number of rotatable bonds is 5. The first-order chi connectivity index (χ1) is 15.2. The van der Waals surface area contributed by atoms with E-state index in [1.165, 1.54) is 6.20 Å². The number of carbonyl (C=O) groups excluding carboxylic acids is 2. The van der Waals surface area contributed by atoms with E-state index in [1.807, 2.05) is 6.07 Å². The largest absolute Gasteiger partial charge is 0.416 e. The predicted octanol–water partition coefficient (Wildman–Crippen LogP) is 2.44. The second-order valence-electron chi connectivity index (χ2n) is 7.03. The molecule has 0 radical (unpaired) electrons. The lowest BCUT2D eigenvalue weighted by Crippen LogP contribution is -2.49. The van der Waals surface area contributed by atoms with Crippen LogP contribution >= 0.6 is 0 Å². The summed E-state index contributed by atoms with van der Waals surface area (Å²) in [5, 5.41) is 2.76. The fraction of sp³-hybridized carbons (Fsp3) is 0.227. The minimum Gasteiger partial charge on any atom is -0.391 e. The molecule has 9 heteroatoms. The van der Waals surface area contributed by atoms with Crippen LogP contribution < -0.4 is 10.1 Å². The Morgan fingerprint density at radius 2 is 1.74 bits per heavy atom. The number of pyridine rings is 1. The minimum absolute atomic E-state index is 0.185. The van der Waals surface area contributed by atoms with Gasteiger partial charge in [-0.2, -0.15) is 0 Å². The summed E-state index contributed by atoms with van der Waals surface area (Å²) >= 11 is 0. The molecule has 158 valence electrons. The highest BCUT2D eigenvalue weighted by atomic mass is 16.6. The molecular weight excluding hydrogens is 396 g/mol. The quantitative estimate of drug-likeness (QED) is 0.679. The molecule has 2 aromatic heterocycles. The van der Waals surface area contributed by atoms with Crippen molar-refractivity contribution in [2.75, 3.05) is 31.5 Å². The van der Waals surface area contributed by atoms with Gasteiger partial charge in [0.1, 0.15) is 0 Å². The van der Waals surface area contributed by atoms with Gasteiger partial charge in [0.15, 0.2) is 0 Å². The van der Waals surface area contributed by atoms with Gasteiger partial charge in [0.05, 0.1) is 17.6 Å². The van der Waals surface area contributed by atoms with Crippen molar-refractivity contribution in [1.29, 1.82) is 0 Å². The predicted molar refractivity (Wildman–Crippen MR) is 114 cm³/mol. The van der Waals surface area contributed by atoms with Gasteiger partial charge in [-0.05, 0) is 18.2 Å². The van der Waals surface area contributed by atoms with Gasteiger partial charge in [0.2, 0.25) is 5.88 Å². The summed E-state index contributed by atoms with van der Waals surface area (Å²) in [5.41, 5.74) is 1.98. The number of hydrogen-bond donors (Lipinski definition) is 1. The fourth-order valence-electron chi connectivity index (χ4n) is 3.19. The van der Waals surface area contributed by atoms with Gasteiger partial charge < -0.3 is 15.0 Å². The number of amides is 2. The molecule has 0 spiro atoms. The van der Waals surface area contributed by atoms with Gasteiger partial charge in [-0.3, -0.25) is 19.7 Å². The van der Waals surface area contributed by atoms with E-state index >= 15 is 0 Å². The second kappa shape index (κ2) is 9.77. The number of anilines is 1. The zero-order valence-corrected chi connectivity index (χ0v) is 16.8. The summed E-state index contributed by atoms with van der Waals surface area (Å²) in [4.78, 5) is 41.0. The molecule has 1 aromatic carbocycles. The van der Waals surface area contributed by atoms with Crippen molar-refractivity contribution in [3.05, 3.63) is 78.5 Å². The molecular formula is C22H22N6O3. The van der Waals surface area contributed by atoms with Crippen molar-refractivity contribution in [1.82, 2.24) is 24.8 Å². The second-order valence-corrected chi connectivity index (χ2v) is 7.03. The summed E-state index contributed by atoms with van der Waals surface area (Å²) in [6.45, 7) is 3.27. The number of benzene rings is 1. The van der Waals surface area contributed by atoms with Crippen molar-refractivity contribution in [3.8, 4) is 5.88 Å². The zero-order valence-electron chi connectivity index (χ0n) is 16.8.